The molecular formula is C14H16N2O4. The summed E-state index contributed by atoms with van der Waals surface area (Å²) in [5.74, 6) is -0.200. The van der Waals surface area contributed by atoms with Gasteiger partial charge < -0.3 is 9.32 Å². The lowest BCUT2D eigenvalue weighted by atomic mass is 9.71. The summed E-state index contributed by atoms with van der Waals surface area (Å²) in [5.41, 5.74) is -0.265. The Bertz CT molecular complexity index is 524. The first kappa shape index (κ1) is 12.9. The Balaban J connectivity index is 1.66. The molecular weight excluding hydrogens is 260 g/mol. The third-order valence-electron chi connectivity index (χ3n) is 4.19. The van der Waals surface area contributed by atoms with Crippen LogP contribution >= 0.6 is 0 Å². The fourth-order valence-corrected chi connectivity index (χ4v) is 3.08. The van der Waals surface area contributed by atoms with Crippen LogP contribution in [-0.4, -0.2) is 35.7 Å². The van der Waals surface area contributed by atoms with Gasteiger partial charge in [0.1, 0.15) is 0 Å². The van der Waals surface area contributed by atoms with E-state index in [1.165, 1.54) is 6.26 Å². The van der Waals surface area contributed by atoms with Crippen LogP contribution in [0.25, 0.3) is 0 Å². The van der Waals surface area contributed by atoms with Gasteiger partial charge >= 0.3 is 0 Å². The van der Waals surface area contributed by atoms with Gasteiger partial charge in [-0.05, 0) is 30.4 Å². The predicted molar refractivity (Wildman–Crippen MR) is 68.7 cm³/mol. The Hall–Kier alpha value is -2.11. The van der Waals surface area contributed by atoms with Crippen molar-refractivity contribution in [1.29, 1.82) is 0 Å². The van der Waals surface area contributed by atoms with E-state index >= 15 is 0 Å². The van der Waals surface area contributed by atoms with Crippen LogP contribution in [0.5, 0.6) is 0 Å². The second-order valence-electron chi connectivity index (χ2n) is 5.59. The van der Waals surface area contributed by atoms with Crippen molar-refractivity contribution < 1.29 is 18.8 Å². The maximum Gasteiger partial charge on any atom is 0.289 e. The third-order valence-corrected chi connectivity index (χ3v) is 4.19. The normalized spacial score (nSPS) is 21.9. The lowest BCUT2D eigenvalue weighted by molar-refractivity contribution is -0.139. The number of carbonyl (C=O) groups excluding carboxylic acids is 3. The average molecular weight is 276 g/mol. The maximum absolute atomic E-state index is 12.1. The summed E-state index contributed by atoms with van der Waals surface area (Å²) >= 11 is 0. The van der Waals surface area contributed by atoms with Crippen molar-refractivity contribution in [1.82, 2.24) is 10.2 Å². The average Bonchev–Trinajstić information content (AvgIpc) is 2.91. The molecule has 3 rings (SSSR count). The molecule has 0 radical (unpaired) electrons. The van der Waals surface area contributed by atoms with Gasteiger partial charge in [-0.25, -0.2) is 0 Å². The molecule has 0 aliphatic carbocycles. The van der Waals surface area contributed by atoms with Crippen molar-refractivity contribution in [2.75, 3.05) is 13.1 Å². The second-order valence-corrected chi connectivity index (χ2v) is 5.59. The van der Waals surface area contributed by atoms with E-state index in [9.17, 15) is 14.4 Å². The van der Waals surface area contributed by atoms with Crippen molar-refractivity contribution >= 4 is 17.7 Å². The van der Waals surface area contributed by atoms with E-state index < -0.39 is 0 Å². The number of hydrogen-bond donors (Lipinski definition) is 1. The molecule has 2 fully saturated rings. The van der Waals surface area contributed by atoms with E-state index in [1.54, 1.807) is 17.0 Å². The predicted octanol–water partition coefficient (Wildman–Crippen LogP) is 0.939. The highest BCUT2D eigenvalue weighted by atomic mass is 16.3. The Kier molecular flexibility index (Phi) is 3.08. The molecule has 0 atom stereocenters. The van der Waals surface area contributed by atoms with Gasteiger partial charge in [0, 0.05) is 25.9 Å². The smallest absolute Gasteiger partial charge is 0.289 e. The van der Waals surface area contributed by atoms with E-state index in [4.69, 9.17) is 4.42 Å². The highest BCUT2D eigenvalue weighted by Gasteiger charge is 2.42. The number of rotatable bonds is 1. The van der Waals surface area contributed by atoms with E-state index in [0.717, 1.165) is 0 Å². The number of piperidine rings is 2. The van der Waals surface area contributed by atoms with Crippen molar-refractivity contribution in [3.63, 3.8) is 0 Å². The number of likely N-dealkylation sites (tertiary alicyclic amines) is 1. The molecule has 1 aromatic heterocycles. The van der Waals surface area contributed by atoms with E-state index in [2.05, 4.69) is 5.32 Å². The highest BCUT2D eigenvalue weighted by molar-refractivity contribution is 5.98. The topological polar surface area (TPSA) is 79.6 Å². The number of nitrogens with zero attached hydrogens (tertiary/aromatic N) is 1. The lowest BCUT2D eigenvalue weighted by Gasteiger charge is -2.42. The van der Waals surface area contributed by atoms with Crippen molar-refractivity contribution in [3.05, 3.63) is 24.2 Å². The summed E-state index contributed by atoms with van der Waals surface area (Å²) in [7, 11) is 0. The van der Waals surface area contributed by atoms with Gasteiger partial charge in [0.2, 0.25) is 11.8 Å². The SMILES string of the molecule is O=C1CC2(CCN(C(=O)c3ccco3)CC2)CC(=O)N1. The monoisotopic (exact) mass is 276 g/mol. The number of amides is 3. The molecule has 1 aromatic rings. The quantitative estimate of drug-likeness (QED) is 0.774. The molecule has 0 bridgehead atoms. The van der Waals surface area contributed by atoms with Crippen LogP contribution in [0.1, 0.15) is 36.2 Å². The zero-order valence-corrected chi connectivity index (χ0v) is 11.1. The molecule has 106 valence electrons. The lowest BCUT2D eigenvalue weighted by Crippen LogP contribution is -2.50. The Morgan fingerprint density at radius 3 is 2.40 bits per heavy atom. The molecule has 1 spiro atoms. The molecule has 0 aromatic carbocycles. The summed E-state index contributed by atoms with van der Waals surface area (Å²) < 4.78 is 5.11. The van der Waals surface area contributed by atoms with Gasteiger partial charge in [-0.1, -0.05) is 0 Å². The second kappa shape index (κ2) is 4.77. The van der Waals surface area contributed by atoms with Crippen LogP contribution < -0.4 is 5.32 Å². The Morgan fingerprint density at radius 1 is 1.20 bits per heavy atom. The van der Waals surface area contributed by atoms with Gasteiger partial charge in [0.25, 0.3) is 5.91 Å². The zero-order chi connectivity index (χ0) is 14.2. The Labute approximate surface area is 116 Å². The van der Waals surface area contributed by atoms with Crippen LogP contribution in [0.2, 0.25) is 0 Å². The molecule has 20 heavy (non-hydrogen) atoms. The van der Waals surface area contributed by atoms with Crippen LogP contribution in [0.3, 0.4) is 0 Å². The minimum Gasteiger partial charge on any atom is -0.459 e. The largest absolute Gasteiger partial charge is 0.459 e. The van der Waals surface area contributed by atoms with Gasteiger partial charge in [-0.15, -0.1) is 0 Å². The minimum atomic E-state index is -0.265. The first-order valence-electron chi connectivity index (χ1n) is 6.73. The molecule has 3 heterocycles. The van der Waals surface area contributed by atoms with E-state index in [-0.39, 0.29) is 23.1 Å². The first-order chi connectivity index (χ1) is 9.58. The molecule has 0 saturated carbocycles. The molecule has 2 aliphatic rings. The first-order valence-corrected chi connectivity index (χ1v) is 6.73. The minimum absolute atomic E-state index is 0.128. The number of furan rings is 1. The number of nitrogens with one attached hydrogen (secondary N) is 1. The standard InChI is InChI=1S/C14H16N2O4/c17-11-8-14(9-12(18)15-11)3-5-16(6-4-14)13(19)10-2-1-7-20-10/h1-2,7H,3-6,8-9H2,(H,15,17,18). The van der Waals surface area contributed by atoms with Crippen LogP contribution in [0.4, 0.5) is 0 Å². The summed E-state index contributed by atoms with van der Waals surface area (Å²) in [6.45, 7) is 1.11. The fourth-order valence-electron chi connectivity index (χ4n) is 3.08. The fraction of sp³-hybridized carbons (Fsp3) is 0.500. The van der Waals surface area contributed by atoms with E-state index in [1.807, 2.05) is 0 Å². The van der Waals surface area contributed by atoms with Crippen molar-refractivity contribution in [2.45, 2.75) is 25.7 Å². The van der Waals surface area contributed by atoms with Gasteiger partial charge in [0.15, 0.2) is 5.76 Å². The number of imide groups is 1. The zero-order valence-electron chi connectivity index (χ0n) is 11.1. The maximum atomic E-state index is 12.1. The van der Waals surface area contributed by atoms with Gasteiger partial charge in [-0.3, -0.25) is 19.7 Å². The number of hydrogen-bond acceptors (Lipinski definition) is 4. The summed E-state index contributed by atoms with van der Waals surface area (Å²) in [6.07, 6.45) is 3.59. The molecule has 3 amide bonds. The molecule has 0 unspecified atom stereocenters. The number of carbonyl (C=O) groups is 3. The van der Waals surface area contributed by atoms with Crippen molar-refractivity contribution in [2.24, 2.45) is 5.41 Å². The molecule has 2 saturated heterocycles. The molecule has 2 aliphatic heterocycles. The summed E-state index contributed by atoms with van der Waals surface area (Å²) in [5, 5.41) is 2.33. The van der Waals surface area contributed by atoms with Crippen LogP contribution in [0.15, 0.2) is 22.8 Å². The molecule has 6 heteroatoms. The summed E-state index contributed by atoms with van der Waals surface area (Å²) in [6, 6.07) is 3.33. The molecule has 6 nitrogen and oxygen atoms in total. The highest BCUT2D eigenvalue weighted by Crippen LogP contribution is 2.40. The Morgan fingerprint density at radius 2 is 1.85 bits per heavy atom. The third kappa shape index (κ3) is 2.33. The van der Waals surface area contributed by atoms with Gasteiger partial charge in [0.05, 0.1) is 6.26 Å². The summed E-state index contributed by atoms with van der Waals surface area (Å²) in [4.78, 5) is 36.9. The van der Waals surface area contributed by atoms with Crippen molar-refractivity contribution in [3.8, 4) is 0 Å². The van der Waals surface area contributed by atoms with Gasteiger partial charge in [-0.2, -0.15) is 0 Å². The van der Waals surface area contributed by atoms with E-state index in [0.29, 0.717) is 44.5 Å². The molecule has 1 N–H and O–H groups in total. The van der Waals surface area contributed by atoms with Crippen LogP contribution in [-0.2, 0) is 9.59 Å². The van der Waals surface area contributed by atoms with Crippen LogP contribution in [0, 0.1) is 5.41 Å².